The standard InChI is InChI=1S/C20H23N3O2S/c1-2-11-23-19(25)17(18(24)21-20(23)26)14-15-7-9-16(10-8-15)22-12-5-3-4-6-13-22/h2,7-10,14H,1,3-6,11-13H2,(H,21,24,26). The third kappa shape index (κ3) is 4.08. The largest absolute Gasteiger partial charge is 0.742 e. The van der Waals surface area contributed by atoms with Crippen LogP contribution in [0.4, 0.5) is 5.69 Å². The maximum absolute atomic E-state index is 12.5. The Morgan fingerprint density at radius 2 is 1.77 bits per heavy atom. The molecule has 6 heteroatoms. The Morgan fingerprint density at radius 1 is 1.12 bits per heavy atom. The molecule has 0 radical (unpaired) electrons. The van der Waals surface area contributed by atoms with Crippen LogP contribution in [0.25, 0.3) is 6.08 Å². The lowest BCUT2D eigenvalue weighted by atomic mass is 10.1. The van der Waals surface area contributed by atoms with Crippen LogP contribution in [0.2, 0.25) is 0 Å². The molecule has 26 heavy (non-hydrogen) atoms. The van der Waals surface area contributed by atoms with Crippen molar-refractivity contribution in [2.75, 3.05) is 19.6 Å². The average Bonchev–Trinajstić information content (AvgIpc) is 2.92. The van der Waals surface area contributed by atoms with Gasteiger partial charge in [0.25, 0.3) is 11.8 Å². The first-order chi connectivity index (χ1) is 12.6. The van der Waals surface area contributed by atoms with Crippen LogP contribution in [0.1, 0.15) is 31.2 Å². The highest BCUT2D eigenvalue weighted by Crippen LogP contribution is 2.17. The van der Waals surface area contributed by atoms with E-state index >= 15 is 0 Å². The molecule has 0 atom stereocenters. The summed E-state index contributed by atoms with van der Waals surface area (Å²) >= 11 is 5.00. The number of rotatable bonds is 4. The Labute approximate surface area is 159 Å². The van der Waals surface area contributed by atoms with Crippen molar-refractivity contribution >= 4 is 41.4 Å². The van der Waals surface area contributed by atoms with Gasteiger partial charge in [0.05, 0.1) is 13.1 Å². The molecule has 0 unspecified atom stereocenters. The van der Waals surface area contributed by atoms with Crippen LogP contribution in [-0.4, -0.2) is 41.5 Å². The van der Waals surface area contributed by atoms with E-state index in [1.54, 1.807) is 12.2 Å². The minimum atomic E-state index is -0.581. The summed E-state index contributed by atoms with van der Waals surface area (Å²) in [5.41, 5.74) is 2.10. The number of nitrogens with one attached hydrogen (secondary N) is 1. The summed E-state index contributed by atoms with van der Waals surface area (Å²) in [6.45, 7) is 6.16. The molecule has 1 fully saturated rings. The monoisotopic (exact) mass is 369 g/mol. The molecule has 0 spiro atoms. The molecule has 3 rings (SSSR count). The van der Waals surface area contributed by atoms with Crippen LogP contribution < -0.4 is 4.90 Å². The molecule has 2 aliphatic rings. The lowest BCUT2D eigenvalue weighted by molar-refractivity contribution is -0.831. The molecule has 1 N–H and O–H groups in total. The molecule has 1 aromatic rings. The van der Waals surface area contributed by atoms with E-state index in [2.05, 4.69) is 23.7 Å². The first-order valence-electron chi connectivity index (χ1n) is 9.00. The number of benzene rings is 1. The van der Waals surface area contributed by atoms with Gasteiger partial charge in [0.2, 0.25) is 0 Å². The van der Waals surface area contributed by atoms with Gasteiger partial charge in [0.1, 0.15) is 11.3 Å². The van der Waals surface area contributed by atoms with Crippen LogP contribution in [0.5, 0.6) is 0 Å². The Balaban J connectivity index is 1.81. The highest BCUT2D eigenvalue weighted by Gasteiger charge is 2.27. The van der Waals surface area contributed by atoms with E-state index in [1.165, 1.54) is 41.2 Å². The van der Waals surface area contributed by atoms with Crippen molar-refractivity contribution < 1.29 is 14.5 Å². The van der Waals surface area contributed by atoms with Crippen LogP contribution in [0.3, 0.4) is 0 Å². The van der Waals surface area contributed by atoms with E-state index in [0.717, 1.165) is 18.7 Å². The summed E-state index contributed by atoms with van der Waals surface area (Å²) in [6, 6.07) is 8.05. The molecular formula is C20H23N3O2S. The Kier molecular flexibility index (Phi) is 5.96. The zero-order chi connectivity index (χ0) is 18.5. The molecule has 0 aromatic heterocycles. The Hall–Kier alpha value is -2.31. The topological polar surface area (TPSA) is 54.2 Å². The number of aliphatic imine (C=N–C) groups is 1. The molecule has 0 bridgehead atoms. The van der Waals surface area contributed by atoms with Gasteiger partial charge in [0, 0.05) is 6.54 Å². The molecule has 5 nitrogen and oxygen atoms in total. The molecule has 2 heterocycles. The van der Waals surface area contributed by atoms with Gasteiger partial charge in [-0.3, -0.25) is 9.59 Å². The number of nitrogens with zero attached hydrogens (tertiary/aromatic N) is 2. The average molecular weight is 369 g/mol. The second-order valence-electron chi connectivity index (χ2n) is 6.60. The molecule has 2 amide bonds. The summed E-state index contributed by atoms with van der Waals surface area (Å²) in [5, 5.41) is -0.00263. The lowest BCUT2D eigenvalue weighted by Gasteiger charge is -2.30. The summed E-state index contributed by atoms with van der Waals surface area (Å²) in [5.74, 6) is -1.00. The predicted molar refractivity (Wildman–Crippen MR) is 105 cm³/mol. The Morgan fingerprint density at radius 3 is 2.38 bits per heavy atom. The van der Waals surface area contributed by atoms with Crippen LogP contribution in [-0.2, 0) is 22.2 Å². The Bertz CT molecular complexity index is 760. The van der Waals surface area contributed by atoms with Gasteiger partial charge in [-0.1, -0.05) is 6.08 Å². The predicted octanol–water partition coefficient (Wildman–Crippen LogP) is 1.62. The number of carbonyl (C=O) groups is 2. The van der Waals surface area contributed by atoms with Crippen molar-refractivity contribution in [1.82, 2.24) is 4.90 Å². The third-order valence-corrected chi connectivity index (χ3v) is 5.09. The molecule has 1 aromatic carbocycles. The number of quaternary nitrogens is 1. The van der Waals surface area contributed by atoms with Crippen molar-refractivity contribution in [1.29, 1.82) is 0 Å². The number of carbonyl (C=O) groups excluding carboxylic acids is 2. The number of hydrogen-bond donors (Lipinski definition) is 1. The van der Waals surface area contributed by atoms with Gasteiger partial charge in [0.15, 0.2) is 0 Å². The minimum absolute atomic E-state index is 0.00263. The maximum atomic E-state index is 12.5. The van der Waals surface area contributed by atoms with Gasteiger partial charge in [-0.25, -0.2) is 4.99 Å². The van der Waals surface area contributed by atoms with E-state index in [9.17, 15) is 9.59 Å². The van der Waals surface area contributed by atoms with Crippen LogP contribution in [0.15, 0.2) is 47.5 Å². The van der Waals surface area contributed by atoms with Crippen molar-refractivity contribution in [3.63, 3.8) is 0 Å². The number of hydrogen-bond acceptors (Lipinski definition) is 3. The molecular weight excluding hydrogens is 346 g/mol. The first-order valence-corrected chi connectivity index (χ1v) is 9.40. The van der Waals surface area contributed by atoms with Gasteiger partial charge < -0.3 is 22.4 Å². The summed E-state index contributed by atoms with van der Waals surface area (Å²) in [4.78, 5) is 31.2. The number of amidine groups is 1. The van der Waals surface area contributed by atoms with E-state index in [-0.39, 0.29) is 17.3 Å². The summed E-state index contributed by atoms with van der Waals surface area (Å²) < 4.78 is 0. The normalized spacial score (nSPS) is 20.8. The van der Waals surface area contributed by atoms with E-state index < -0.39 is 11.8 Å². The smallest absolute Gasteiger partial charge is 0.282 e. The van der Waals surface area contributed by atoms with Gasteiger partial charge >= 0.3 is 0 Å². The highest BCUT2D eigenvalue weighted by molar-refractivity contribution is 7.77. The lowest BCUT2D eigenvalue weighted by Crippen LogP contribution is -3.07. The third-order valence-electron chi connectivity index (χ3n) is 4.78. The molecule has 1 saturated heterocycles. The van der Waals surface area contributed by atoms with E-state index in [1.807, 2.05) is 12.1 Å². The second-order valence-corrected chi connectivity index (χ2v) is 6.97. The highest BCUT2D eigenvalue weighted by atomic mass is 32.1. The fourth-order valence-corrected chi connectivity index (χ4v) is 3.61. The van der Waals surface area contributed by atoms with Gasteiger partial charge in [-0.2, -0.15) is 0 Å². The van der Waals surface area contributed by atoms with Crippen LogP contribution >= 0.6 is 0 Å². The zero-order valence-electron chi connectivity index (χ0n) is 14.7. The fraction of sp³-hybridized carbons (Fsp3) is 0.350. The first kappa shape index (κ1) is 18.5. The molecule has 2 aliphatic heterocycles. The molecule has 0 saturated carbocycles. The summed E-state index contributed by atoms with van der Waals surface area (Å²) in [7, 11) is 0. The molecule has 0 aliphatic carbocycles. The molecule has 136 valence electrons. The summed E-state index contributed by atoms with van der Waals surface area (Å²) in [6.07, 6.45) is 8.28. The zero-order valence-corrected chi connectivity index (χ0v) is 15.6. The van der Waals surface area contributed by atoms with Gasteiger partial charge in [-0.15, -0.1) is 6.58 Å². The van der Waals surface area contributed by atoms with Crippen molar-refractivity contribution in [3.05, 3.63) is 48.1 Å². The van der Waals surface area contributed by atoms with Gasteiger partial charge in [-0.05, 0) is 66.8 Å². The second kappa shape index (κ2) is 8.38. The quantitative estimate of drug-likeness (QED) is 0.380. The van der Waals surface area contributed by atoms with E-state index in [0.29, 0.717) is 0 Å². The van der Waals surface area contributed by atoms with Crippen molar-refractivity contribution in [2.45, 2.75) is 25.7 Å². The minimum Gasteiger partial charge on any atom is -0.742 e. The maximum Gasteiger partial charge on any atom is 0.282 e. The van der Waals surface area contributed by atoms with Crippen LogP contribution in [0, 0.1) is 0 Å². The van der Waals surface area contributed by atoms with Crippen molar-refractivity contribution in [2.24, 2.45) is 4.99 Å². The SMILES string of the molecule is C=CCN1C(=O)C(=Cc2ccc([NH+]3CCCCCC3)cc2)C(=O)N=C1[S-]. The van der Waals surface area contributed by atoms with Crippen molar-refractivity contribution in [3.8, 4) is 0 Å². The van der Waals surface area contributed by atoms with E-state index in [4.69, 9.17) is 12.6 Å². The fourth-order valence-electron chi connectivity index (χ4n) is 3.37. The number of amides is 2.